The van der Waals surface area contributed by atoms with Gasteiger partial charge in [0.05, 0.1) is 0 Å². The van der Waals surface area contributed by atoms with Gasteiger partial charge in [-0.3, -0.25) is 4.79 Å². The number of hydrogen-bond acceptors (Lipinski definition) is 2. The van der Waals surface area contributed by atoms with Gasteiger partial charge in [0.15, 0.2) is 0 Å². The van der Waals surface area contributed by atoms with Crippen molar-refractivity contribution in [2.45, 2.75) is 42.1 Å². The van der Waals surface area contributed by atoms with Gasteiger partial charge in [-0.1, -0.05) is 29.5 Å². The van der Waals surface area contributed by atoms with E-state index in [1.807, 2.05) is 0 Å². The van der Waals surface area contributed by atoms with Crippen molar-refractivity contribution < 1.29 is 35.9 Å². The Morgan fingerprint density at radius 2 is 1.53 bits per heavy atom. The van der Waals surface area contributed by atoms with Crippen LogP contribution in [0.2, 0.25) is 0 Å². The molecule has 0 N–H and O–H groups in total. The Morgan fingerprint density at radius 1 is 1.18 bits per heavy atom. The second kappa shape index (κ2) is 5.19. The summed E-state index contributed by atoms with van der Waals surface area (Å²) in [4.78, 5) is 11.2. The number of rotatable bonds is 3. The van der Waals surface area contributed by atoms with Crippen molar-refractivity contribution in [3.8, 4) is 0 Å². The van der Waals surface area contributed by atoms with E-state index in [0.29, 0.717) is 0 Å². The van der Waals surface area contributed by atoms with Gasteiger partial charge in [-0.2, -0.15) is 26.3 Å². The first-order valence-corrected chi connectivity index (χ1v) is 5.43. The third-order valence-corrected chi connectivity index (χ3v) is 3.11. The van der Waals surface area contributed by atoms with Gasteiger partial charge in [-0.25, -0.2) is 0 Å². The molecule has 1 atom stereocenters. The normalized spacial score (nSPS) is 16.8. The number of ether oxygens (including phenoxy) is 1. The zero-order valence-corrected chi connectivity index (χ0v) is 10.9. The van der Waals surface area contributed by atoms with Crippen LogP contribution in [-0.2, 0) is 9.53 Å². The number of esters is 1. The van der Waals surface area contributed by atoms with E-state index in [1.54, 1.807) is 0 Å². The summed E-state index contributed by atoms with van der Waals surface area (Å²) >= 11 is 1.45. The van der Waals surface area contributed by atoms with Crippen LogP contribution in [0, 0.1) is 0 Å². The van der Waals surface area contributed by atoms with Crippen molar-refractivity contribution in [2.75, 3.05) is 0 Å². The van der Waals surface area contributed by atoms with Gasteiger partial charge in [0.2, 0.25) is 0 Å². The lowest BCUT2D eigenvalue weighted by molar-refractivity contribution is -0.313. The molecule has 102 valence electrons. The van der Waals surface area contributed by atoms with Gasteiger partial charge in [-0.05, 0) is 13.3 Å². The molecular formula is C8H9F6IO2. The SMILES string of the molecule is CCC(C)(I)C(=O)OC(C(F)(F)F)C(F)(F)F. The van der Waals surface area contributed by atoms with Crippen molar-refractivity contribution in [3.63, 3.8) is 0 Å². The Bertz CT molecular complexity index is 269. The molecule has 0 saturated heterocycles. The summed E-state index contributed by atoms with van der Waals surface area (Å²) in [7, 11) is 0. The molecule has 0 aliphatic rings. The van der Waals surface area contributed by atoms with Gasteiger partial charge >= 0.3 is 18.3 Å². The van der Waals surface area contributed by atoms with E-state index < -0.39 is 27.8 Å². The molecule has 9 heteroatoms. The molecule has 0 radical (unpaired) electrons. The molecule has 0 aliphatic carbocycles. The molecule has 17 heavy (non-hydrogen) atoms. The Balaban J connectivity index is 4.99. The van der Waals surface area contributed by atoms with E-state index in [1.165, 1.54) is 36.4 Å². The fourth-order valence-electron chi connectivity index (χ4n) is 0.693. The summed E-state index contributed by atoms with van der Waals surface area (Å²) in [6.45, 7) is 2.64. The summed E-state index contributed by atoms with van der Waals surface area (Å²) in [6, 6.07) is 0. The standard InChI is InChI=1S/C8H9F6IO2/c1-3-6(2,15)5(16)17-4(7(9,10)11)8(12,13)14/h4H,3H2,1-2H3. The predicted octanol–water partition coefficient (Wildman–Crippen LogP) is 3.63. The van der Waals surface area contributed by atoms with Crippen LogP contribution in [0.5, 0.6) is 0 Å². The first-order valence-electron chi connectivity index (χ1n) is 4.35. The Kier molecular flexibility index (Phi) is 5.12. The smallest absolute Gasteiger partial charge is 0.434 e. The molecule has 0 aromatic rings. The highest BCUT2D eigenvalue weighted by atomic mass is 127. The van der Waals surface area contributed by atoms with Crippen molar-refractivity contribution in [2.24, 2.45) is 0 Å². The Hall–Kier alpha value is -0.220. The van der Waals surface area contributed by atoms with Crippen molar-refractivity contribution >= 4 is 28.6 Å². The lowest BCUT2D eigenvalue weighted by Gasteiger charge is -2.26. The van der Waals surface area contributed by atoms with Gasteiger partial charge in [-0.15, -0.1) is 0 Å². The molecule has 0 spiro atoms. The number of hydrogen-bond donors (Lipinski definition) is 0. The van der Waals surface area contributed by atoms with E-state index in [9.17, 15) is 31.1 Å². The van der Waals surface area contributed by atoms with Gasteiger partial charge < -0.3 is 4.74 Å². The highest BCUT2D eigenvalue weighted by molar-refractivity contribution is 14.1. The average Bonchev–Trinajstić information content (AvgIpc) is 2.09. The monoisotopic (exact) mass is 378 g/mol. The lowest BCUT2D eigenvalue weighted by atomic mass is 10.1. The zero-order chi connectivity index (χ0) is 14.1. The molecule has 0 saturated carbocycles. The third-order valence-electron chi connectivity index (χ3n) is 1.91. The van der Waals surface area contributed by atoms with Crippen molar-refractivity contribution in [1.82, 2.24) is 0 Å². The maximum atomic E-state index is 12.1. The molecule has 0 heterocycles. The topological polar surface area (TPSA) is 26.3 Å². The lowest BCUT2D eigenvalue weighted by Crippen LogP contribution is -2.48. The van der Waals surface area contributed by atoms with Gasteiger partial charge in [0.25, 0.3) is 6.10 Å². The number of carbonyl (C=O) groups excluding carboxylic acids is 1. The van der Waals surface area contributed by atoms with Crippen LogP contribution in [0.15, 0.2) is 0 Å². The summed E-state index contributed by atoms with van der Waals surface area (Å²) in [6.07, 6.45) is -15.4. The van der Waals surface area contributed by atoms with E-state index in [4.69, 9.17) is 0 Å². The summed E-state index contributed by atoms with van der Waals surface area (Å²) < 4.78 is 74.5. The van der Waals surface area contributed by atoms with Gasteiger partial charge in [0, 0.05) is 0 Å². The Morgan fingerprint density at radius 3 is 1.76 bits per heavy atom. The van der Waals surface area contributed by atoms with Crippen LogP contribution in [0.25, 0.3) is 0 Å². The molecule has 0 aromatic carbocycles. The number of halogens is 7. The molecule has 0 fully saturated rings. The molecule has 1 unspecified atom stereocenters. The maximum absolute atomic E-state index is 12.1. The van der Waals surface area contributed by atoms with Crippen LogP contribution < -0.4 is 0 Å². The fraction of sp³-hybridized carbons (Fsp3) is 0.875. The third kappa shape index (κ3) is 4.88. The van der Waals surface area contributed by atoms with Crippen LogP contribution in [0.1, 0.15) is 20.3 Å². The van der Waals surface area contributed by atoms with E-state index >= 15 is 0 Å². The predicted molar refractivity (Wildman–Crippen MR) is 54.7 cm³/mol. The molecular weight excluding hydrogens is 369 g/mol. The van der Waals surface area contributed by atoms with Gasteiger partial charge in [0.1, 0.15) is 3.42 Å². The highest BCUT2D eigenvalue weighted by Crippen LogP contribution is 2.37. The number of alkyl halides is 7. The van der Waals surface area contributed by atoms with Crippen molar-refractivity contribution in [3.05, 3.63) is 0 Å². The largest absolute Gasteiger partial charge is 0.442 e. The second-order valence-electron chi connectivity index (χ2n) is 3.42. The summed E-state index contributed by atoms with van der Waals surface area (Å²) in [5.74, 6) is -1.54. The summed E-state index contributed by atoms with van der Waals surface area (Å²) in [5, 5.41) is 0. The molecule has 0 rings (SSSR count). The van der Waals surface area contributed by atoms with Crippen molar-refractivity contribution in [1.29, 1.82) is 0 Å². The summed E-state index contributed by atoms with van der Waals surface area (Å²) in [5.41, 5.74) is 0. The zero-order valence-electron chi connectivity index (χ0n) is 8.75. The van der Waals surface area contributed by atoms with Crippen LogP contribution in [0.4, 0.5) is 26.3 Å². The number of carbonyl (C=O) groups is 1. The second-order valence-corrected chi connectivity index (χ2v) is 5.80. The highest BCUT2D eigenvalue weighted by Gasteiger charge is 2.60. The Labute approximate surface area is 107 Å². The maximum Gasteiger partial charge on any atom is 0.434 e. The van der Waals surface area contributed by atoms with Crippen LogP contribution in [0.3, 0.4) is 0 Å². The molecule has 0 bridgehead atoms. The van der Waals surface area contributed by atoms with E-state index in [0.717, 1.165) is 0 Å². The quantitative estimate of drug-likeness (QED) is 0.325. The minimum absolute atomic E-state index is 0.0504. The minimum Gasteiger partial charge on any atom is -0.442 e. The first-order chi connectivity index (χ1) is 7.32. The molecule has 2 nitrogen and oxygen atoms in total. The molecule has 0 aromatic heterocycles. The van der Waals surface area contributed by atoms with E-state index in [-0.39, 0.29) is 6.42 Å². The first kappa shape index (κ1) is 16.8. The fourth-order valence-corrected chi connectivity index (χ4v) is 0.821. The van der Waals surface area contributed by atoms with Crippen LogP contribution in [-0.4, -0.2) is 27.8 Å². The molecule has 0 aliphatic heterocycles. The minimum atomic E-state index is -5.67. The average molecular weight is 378 g/mol. The van der Waals surface area contributed by atoms with Crippen LogP contribution >= 0.6 is 22.6 Å². The van der Waals surface area contributed by atoms with E-state index in [2.05, 4.69) is 4.74 Å². The molecule has 0 amide bonds.